The molecule has 2 N–H and O–H groups in total. The monoisotopic (exact) mass is 120 g/mol. The molecule has 5 heteroatoms. The Kier molecular flexibility index (Phi) is 11.9. The van der Waals surface area contributed by atoms with Crippen LogP contribution in [0.2, 0.25) is 0 Å². The molecule has 0 aromatic rings. The number of nitrogens with two attached hydrogens (primary N) is 1. The lowest BCUT2D eigenvalue weighted by Crippen LogP contribution is -1.85. The second-order valence-corrected chi connectivity index (χ2v) is 1.09. The molecule has 0 saturated carbocycles. The van der Waals surface area contributed by atoms with Crippen LogP contribution in [-0.4, -0.2) is 5.78 Å². The summed E-state index contributed by atoms with van der Waals surface area (Å²) in [6, 6.07) is 0. The van der Waals surface area contributed by atoms with Gasteiger partial charge in [-0.1, -0.05) is 0 Å². The highest BCUT2D eigenvalue weighted by atomic mass is 16.8. The largest absolute Gasteiger partial charge is 0.300 e. The number of hydrogen-bond donors (Lipinski definition) is 1. The van der Waals surface area contributed by atoms with Gasteiger partial charge in [0.15, 0.2) is 5.34 Å². The molecule has 0 aliphatic carbocycles. The normalized spacial score (nSPS) is 5.88. The van der Waals surface area contributed by atoms with E-state index in [0.717, 1.165) is 0 Å². The van der Waals surface area contributed by atoms with E-state index in [9.17, 15) is 4.79 Å². The quantitative estimate of drug-likeness (QED) is 0.394. The van der Waals surface area contributed by atoms with Crippen molar-refractivity contribution in [3.05, 3.63) is 4.91 Å². The third-order valence-electron chi connectivity index (χ3n) is 0.0430. The summed E-state index contributed by atoms with van der Waals surface area (Å²) in [5.74, 6) is 4.22. The van der Waals surface area contributed by atoms with Crippen LogP contribution in [0, 0.1) is 4.91 Å². The van der Waals surface area contributed by atoms with Crippen molar-refractivity contribution in [2.45, 2.75) is 13.8 Å². The maximum atomic E-state index is 9.44. The average Bonchev–Trinajstić information content (AvgIpc) is 1.65. The zero-order valence-electron chi connectivity index (χ0n) is 4.75. The Balaban J connectivity index is 0. The Morgan fingerprint density at radius 1 is 1.62 bits per heavy atom. The van der Waals surface area contributed by atoms with E-state index >= 15 is 0 Å². The molecular formula is C3H8N2O3. The van der Waals surface area contributed by atoms with E-state index in [1.54, 1.807) is 5.34 Å². The smallest absolute Gasteiger partial charge is 0.176 e. The van der Waals surface area contributed by atoms with E-state index in [1.165, 1.54) is 13.8 Å². The minimum absolute atomic E-state index is 0.167. The fraction of sp³-hybridized carbons (Fsp3) is 0.667. The highest BCUT2D eigenvalue weighted by Crippen LogP contribution is 1.50. The van der Waals surface area contributed by atoms with Gasteiger partial charge in [-0.2, -0.15) is 0 Å². The van der Waals surface area contributed by atoms with Crippen LogP contribution in [0.4, 0.5) is 0 Å². The number of rotatable bonds is 1. The van der Waals surface area contributed by atoms with E-state index in [1.807, 2.05) is 0 Å². The van der Waals surface area contributed by atoms with Gasteiger partial charge < -0.3 is 4.79 Å². The van der Waals surface area contributed by atoms with Crippen LogP contribution in [-0.2, 0) is 9.73 Å². The Hall–Kier alpha value is -0.970. The third kappa shape index (κ3) is 90800. The van der Waals surface area contributed by atoms with Gasteiger partial charge in [-0.05, 0) is 13.8 Å². The molecule has 0 heterocycles. The topological polar surface area (TPSA) is 81.8 Å². The molecule has 8 heavy (non-hydrogen) atoms. The fourth-order valence-corrected chi connectivity index (χ4v) is 0. The van der Waals surface area contributed by atoms with Crippen molar-refractivity contribution >= 4 is 5.78 Å². The van der Waals surface area contributed by atoms with Crippen molar-refractivity contribution < 1.29 is 9.73 Å². The number of nitrogens with zero attached hydrogens (tertiary/aromatic N) is 1. The molecule has 0 atom stereocenters. The van der Waals surface area contributed by atoms with Crippen molar-refractivity contribution in [2.75, 3.05) is 0 Å². The van der Waals surface area contributed by atoms with Crippen LogP contribution in [0.15, 0.2) is 5.34 Å². The summed E-state index contributed by atoms with van der Waals surface area (Å²) in [5.41, 5.74) is 0. The van der Waals surface area contributed by atoms with Crippen LogP contribution in [0.3, 0.4) is 0 Å². The molecule has 0 spiro atoms. The van der Waals surface area contributed by atoms with Crippen molar-refractivity contribution in [3.8, 4) is 0 Å². The molecule has 0 rings (SSSR count). The second-order valence-electron chi connectivity index (χ2n) is 1.09. The molecule has 48 valence electrons. The molecule has 0 aliphatic rings. The molecule has 0 saturated heterocycles. The lowest BCUT2D eigenvalue weighted by molar-refractivity contribution is -0.114. The Morgan fingerprint density at radius 2 is 1.75 bits per heavy atom. The Bertz CT molecular complexity index is 68.9. The summed E-state index contributed by atoms with van der Waals surface area (Å²) in [5, 5.41) is 1.76. The minimum Gasteiger partial charge on any atom is -0.300 e. The predicted octanol–water partition coefficient (Wildman–Crippen LogP) is 0.153. The summed E-state index contributed by atoms with van der Waals surface area (Å²) < 4.78 is 0. The first-order valence-electron chi connectivity index (χ1n) is 1.80. The van der Waals surface area contributed by atoms with Gasteiger partial charge in [-0.25, -0.2) is 0 Å². The van der Waals surface area contributed by atoms with Gasteiger partial charge in [0.1, 0.15) is 5.78 Å². The van der Waals surface area contributed by atoms with Crippen molar-refractivity contribution in [2.24, 2.45) is 11.2 Å². The molecule has 0 aliphatic heterocycles. The predicted molar refractivity (Wildman–Crippen MR) is 27.4 cm³/mol. The highest BCUT2D eigenvalue weighted by molar-refractivity contribution is 5.72. The molecule has 0 unspecified atom stereocenters. The Morgan fingerprint density at radius 3 is 1.75 bits per heavy atom. The molecule has 0 amide bonds. The van der Waals surface area contributed by atoms with E-state index in [4.69, 9.17) is 4.91 Å². The van der Waals surface area contributed by atoms with E-state index in [2.05, 4.69) is 10.8 Å². The first-order valence-corrected chi connectivity index (χ1v) is 1.80. The molecule has 0 radical (unpaired) electrons. The van der Waals surface area contributed by atoms with Gasteiger partial charge >= 0.3 is 0 Å². The maximum absolute atomic E-state index is 9.44. The van der Waals surface area contributed by atoms with E-state index < -0.39 is 0 Å². The molecule has 0 fully saturated rings. The van der Waals surface area contributed by atoms with Gasteiger partial charge in [0, 0.05) is 0 Å². The number of carbonyl (C=O) groups is 1. The second kappa shape index (κ2) is 9.39. The summed E-state index contributed by atoms with van der Waals surface area (Å²) in [6.45, 7) is 3.06. The Labute approximate surface area is 46.7 Å². The summed E-state index contributed by atoms with van der Waals surface area (Å²) in [7, 11) is 0. The van der Waals surface area contributed by atoms with Gasteiger partial charge in [0.25, 0.3) is 0 Å². The van der Waals surface area contributed by atoms with Crippen LogP contribution in [0.1, 0.15) is 13.8 Å². The SMILES string of the molecule is CC(C)=O.NON=O. The minimum atomic E-state index is 0.167. The lowest BCUT2D eigenvalue weighted by Gasteiger charge is -1.62. The third-order valence-corrected chi connectivity index (χ3v) is 0.0430. The summed E-state index contributed by atoms with van der Waals surface area (Å²) in [4.78, 5) is 21.1. The number of hydrogen-bond acceptors (Lipinski definition) is 5. The number of Topliss-reactive ketones (excluding diaryl/α,β-unsaturated/α-hetero) is 1. The van der Waals surface area contributed by atoms with Gasteiger partial charge in [-0.3, -0.25) is 4.94 Å². The lowest BCUT2D eigenvalue weighted by atomic mass is 10.6. The number of ketones is 1. The van der Waals surface area contributed by atoms with Crippen molar-refractivity contribution in [1.82, 2.24) is 0 Å². The van der Waals surface area contributed by atoms with Crippen LogP contribution in [0.5, 0.6) is 0 Å². The van der Waals surface area contributed by atoms with Gasteiger partial charge in [0.05, 0.1) is 0 Å². The van der Waals surface area contributed by atoms with Crippen LogP contribution in [0.25, 0.3) is 0 Å². The van der Waals surface area contributed by atoms with E-state index in [0.29, 0.717) is 0 Å². The molecular weight excluding hydrogens is 112 g/mol. The summed E-state index contributed by atoms with van der Waals surface area (Å²) in [6.07, 6.45) is 0. The first-order chi connectivity index (χ1) is 3.65. The van der Waals surface area contributed by atoms with Gasteiger partial charge in [0.2, 0.25) is 0 Å². The van der Waals surface area contributed by atoms with Crippen LogP contribution < -0.4 is 5.90 Å². The van der Waals surface area contributed by atoms with Crippen molar-refractivity contribution in [1.29, 1.82) is 0 Å². The summed E-state index contributed by atoms with van der Waals surface area (Å²) >= 11 is 0. The average molecular weight is 120 g/mol. The fourth-order valence-electron chi connectivity index (χ4n) is 0. The molecule has 0 aromatic carbocycles. The zero-order chi connectivity index (χ0) is 6.99. The van der Waals surface area contributed by atoms with Gasteiger partial charge in [-0.15, -0.1) is 10.8 Å². The molecule has 0 aromatic heterocycles. The number of carbonyl (C=O) groups excluding carboxylic acids is 1. The molecule has 0 bridgehead atoms. The highest BCUT2D eigenvalue weighted by Gasteiger charge is 1.62. The standard InChI is InChI=1S/C3H6O.H2N2O2/c1-3(2)4;1-4-2-3/h1-2H3;1H2. The van der Waals surface area contributed by atoms with Crippen molar-refractivity contribution in [3.63, 3.8) is 0 Å². The zero-order valence-corrected chi connectivity index (χ0v) is 4.75. The maximum Gasteiger partial charge on any atom is 0.176 e. The van der Waals surface area contributed by atoms with Crippen LogP contribution >= 0.6 is 0 Å². The molecule has 5 nitrogen and oxygen atoms in total. The first kappa shape index (κ1) is 10.1. The van der Waals surface area contributed by atoms with E-state index in [-0.39, 0.29) is 5.78 Å².